The van der Waals surface area contributed by atoms with Crippen molar-refractivity contribution in [2.24, 2.45) is 5.92 Å². The molecule has 3 rings (SSSR count). The second-order valence-corrected chi connectivity index (χ2v) is 6.03. The normalized spacial score (nSPS) is 18.6. The SMILES string of the molecule is CCOC(=O)C1=CN(CC2CCNCC2)c2ccccc2C1. The molecule has 0 amide bonds. The zero-order chi connectivity index (χ0) is 15.4. The first kappa shape index (κ1) is 15.1. The number of carbonyl (C=O) groups is 1. The third-order valence-corrected chi connectivity index (χ3v) is 4.44. The number of para-hydroxylation sites is 1. The third-order valence-electron chi connectivity index (χ3n) is 4.44. The molecule has 0 spiro atoms. The topological polar surface area (TPSA) is 41.6 Å². The Bertz CT molecular complexity index is 562. The van der Waals surface area contributed by atoms with E-state index >= 15 is 0 Å². The van der Waals surface area contributed by atoms with Crippen molar-refractivity contribution in [2.75, 3.05) is 31.1 Å². The number of piperidine rings is 1. The van der Waals surface area contributed by atoms with Gasteiger partial charge in [-0.1, -0.05) is 18.2 Å². The summed E-state index contributed by atoms with van der Waals surface area (Å²) in [6.45, 7) is 5.43. The predicted molar refractivity (Wildman–Crippen MR) is 87.8 cm³/mol. The van der Waals surface area contributed by atoms with E-state index < -0.39 is 0 Å². The quantitative estimate of drug-likeness (QED) is 0.868. The highest BCUT2D eigenvalue weighted by molar-refractivity contribution is 5.91. The molecule has 22 heavy (non-hydrogen) atoms. The summed E-state index contributed by atoms with van der Waals surface area (Å²) >= 11 is 0. The van der Waals surface area contributed by atoms with Crippen molar-refractivity contribution in [3.05, 3.63) is 41.6 Å². The number of nitrogens with zero attached hydrogens (tertiary/aromatic N) is 1. The molecular formula is C18H24N2O2. The molecule has 0 saturated carbocycles. The molecule has 1 saturated heterocycles. The van der Waals surface area contributed by atoms with E-state index in [0.717, 1.165) is 25.2 Å². The van der Waals surface area contributed by atoms with Crippen molar-refractivity contribution in [3.63, 3.8) is 0 Å². The van der Waals surface area contributed by atoms with Crippen molar-refractivity contribution in [1.29, 1.82) is 0 Å². The first-order valence-electron chi connectivity index (χ1n) is 8.21. The van der Waals surface area contributed by atoms with E-state index in [1.165, 1.54) is 24.1 Å². The van der Waals surface area contributed by atoms with Crippen LogP contribution < -0.4 is 10.2 Å². The molecule has 0 radical (unpaired) electrons. The molecule has 1 N–H and O–H groups in total. The fourth-order valence-corrected chi connectivity index (χ4v) is 3.29. The molecule has 1 fully saturated rings. The van der Waals surface area contributed by atoms with Gasteiger partial charge in [-0.3, -0.25) is 0 Å². The maximum absolute atomic E-state index is 12.1. The Balaban J connectivity index is 1.82. The minimum absolute atomic E-state index is 0.188. The van der Waals surface area contributed by atoms with E-state index in [9.17, 15) is 4.79 Å². The van der Waals surface area contributed by atoms with Gasteiger partial charge in [0.15, 0.2) is 0 Å². The van der Waals surface area contributed by atoms with Crippen molar-refractivity contribution < 1.29 is 9.53 Å². The van der Waals surface area contributed by atoms with E-state index in [0.29, 0.717) is 18.9 Å². The highest BCUT2D eigenvalue weighted by atomic mass is 16.5. The molecule has 2 aliphatic rings. The Morgan fingerprint density at radius 1 is 1.32 bits per heavy atom. The molecule has 2 heterocycles. The monoisotopic (exact) mass is 300 g/mol. The van der Waals surface area contributed by atoms with E-state index in [1.807, 2.05) is 19.2 Å². The first-order valence-corrected chi connectivity index (χ1v) is 8.21. The average molecular weight is 300 g/mol. The number of nitrogens with one attached hydrogen (secondary N) is 1. The number of anilines is 1. The highest BCUT2D eigenvalue weighted by Gasteiger charge is 2.24. The fourth-order valence-electron chi connectivity index (χ4n) is 3.29. The molecule has 1 aromatic rings. The van der Waals surface area contributed by atoms with Gasteiger partial charge in [0.05, 0.1) is 12.2 Å². The van der Waals surface area contributed by atoms with Gasteiger partial charge in [0.2, 0.25) is 0 Å². The Kier molecular flexibility index (Phi) is 4.78. The molecule has 0 aromatic heterocycles. The average Bonchev–Trinajstić information content (AvgIpc) is 2.56. The molecule has 0 bridgehead atoms. The minimum atomic E-state index is -0.188. The van der Waals surface area contributed by atoms with Crippen molar-refractivity contribution >= 4 is 11.7 Å². The van der Waals surface area contributed by atoms with Gasteiger partial charge in [0.25, 0.3) is 0 Å². The molecular weight excluding hydrogens is 276 g/mol. The van der Waals surface area contributed by atoms with Gasteiger partial charge in [-0.05, 0) is 50.4 Å². The Labute approximate surface area is 132 Å². The number of rotatable bonds is 4. The Hall–Kier alpha value is -1.81. The number of hydrogen-bond acceptors (Lipinski definition) is 4. The molecule has 4 heteroatoms. The molecule has 1 aromatic carbocycles. The van der Waals surface area contributed by atoms with E-state index in [1.54, 1.807) is 0 Å². The third kappa shape index (κ3) is 3.33. The lowest BCUT2D eigenvalue weighted by atomic mass is 9.94. The number of fused-ring (bicyclic) bond motifs is 1. The summed E-state index contributed by atoms with van der Waals surface area (Å²) in [5.41, 5.74) is 3.20. The lowest BCUT2D eigenvalue weighted by Crippen LogP contribution is -2.36. The highest BCUT2D eigenvalue weighted by Crippen LogP contribution is 2.31. The molecule has 2 aliphatic heterocycles. The van der Waals surface area contributed by atoms with Crippen LogP contribution in [0, 0.1) is 5.92 Å². The first-order chi connectivity index (χ1) is 10.8. The molecule has 0 aliphatic carbocycles. The van der Waals surface area contributed by atoms with Crippen LogP contribution in [0.25, 0.3) is 0 Å². The molecule has 118 valence electrons. The van der Waals surface area contributed by atoms with Crippen molar-refractivity contribution in [3.8, 4) is 0 Å². The van der Waals surface area contributed by atoms with Gasteiger partial charge in [-0.15, -0.1) is 0 Å². The van der Waals surface area contributed by atoms with Crippen LogP contribution in [0.2, 0.25) is 0 Å². The Morgan fingerprint density at radius 2 is 2.09 bits per heavy atom. The zero-order valence-electron chi connectivity index (χ0n) is 13.2. The zero-order valence-corrected chi connectivity index (χ0v) is 13.2. The molecule has 0 unspecified atom stereocenters. The van der Waals surface area contributed by atoms with Crippen molar-refractivity contribution in [2.45, 2.75) is 26.2 Å². The van der Waals surface area contributed by atoms with Gasteiger partial charge in [0.1, 0.15) is 0 Å². The fraction of sp³-hybridized carbons (Fsp3) is 0.500. The summed E-state index contributed by atoms with van der Waals surface area (Å²) in [5.74, 6) is 0.486. The summed E-state index contributed by atoms with van der Waals surface area (Å²) in [5, 5.41) is 3.41. The maximum atomic E-state index is 12.1. The maximum Gasteiger partial charge on any atom is 0.335 e. The summed E-state index contributed by atoms with van der Waals surface area (Å²) in [6.07, 6.45) is 5.06. The summed E-state index contributed by atoms with van der Waals surface area (Å²) in [7, 11) is 0. The summed E-state index contributed by atoms with van der Waals surface area (Å²) in [6, 6.07) is 8.36. The second kappa shape index (κ2) is 6.97. The van der Waals surface area contributed by atoms with Crippen LogP contribution in [-0.2, 0) is 16.0 Å². The Morgan fingerprint density at radius 3 is 2.86 bits per heavy atom. The van der Waals surface area contributed by atoms with E-state index in [2.05, 4.69) is 28.4 Å². The minimum Gasteiger partial charge on any atom is -0.463 e. The predicted octanol–water partition coefficient (Wildman–Crippen LogP) is 2.50. The van der Waals surface area contributed by atoms with Crippen LogP contribution in [-0.4, -0.2) is 32.2 Å². The van der Waals surface area contributed by atoms with Gasteiger partial charge in [-0.25, -0.2) is 4.79 Å². The van der Waals surface area contributed by atoms with Gasteiger partial charge < -0.3 is 15.0 Å². The lowest BCUT2D eigenvalue weighted by molar-refractivity contribution is -0.138. The number of benzene rings is 1. The van der Waals surface area contributed by atoms with Crippen LogP contribution in [0.1, 0.15) is 25.3 Å². The summed E-state index contributed by atoms with van der Waals surface area (Å²) in [4.78, 5) is 14.4. The molecule has 4 nitrogen and oxygen atoms in total. The lowest BCUT2D eigenvalue weighted by Gasteiger charge is -2.33. The van der Waals surface area contributed by atoms with Gasteiger partial charge in [-0.2, -0.15) is 0 Å². The number of carbonyl (C=O) groups excluding carboxylic acids is 1. The number of ether oxygens (including phenoxy) is 1. The number of hydrogen-bond donors (Lipinski definition) is 1. The van der Waals surface area contributed by atoms with Crippen molar-refractivity contribution in [1.82, 2.24) is 5.32 Å². The van der Waals surface area contributed by atoms with Crippen LogP contribution in [0.15, 0.2) is 36.0 Å². The summed E-state index contributed by atoms with van der Waals surface area (Å²) < 4.78 is 5.19. The van der Waals surface area contributed by atoms with Crippen LogP contribution in [0.3, 0.4) is 0 Å². The van der Waals surface area contributed by atoms with Crippen LogP contribution in [0.5, 0.6) is 0 Å². The standard InChI is InChI=1S/C18H24N2O2/c1-2-22-18(21)16-11-15-5-3-4-6-17(15)20(13-16)12-14-7-9-19-10-8-14/h3-6,13-14,19H,2,7-12H2,1H3. The van der Waals surface area contributed by atoms with Gasteiger partial charge in [0, 0.05) is 24.9 Å². The molecule has 0 atom stereocenters. The van der Waals surface area contributed by atoms with E-state index in [-0.39, 0.29) is 5.97 Å². The smallest absolute Gasteiger partial charge is 0.335 e. The van der Waals surface area contributed by atoms with Crippen LogP contribution >= 0.6 is 0 Å². The van der Waals surface area contributed by atoms with Gasteiger partial charge >= 0.3 is 5.97 Å². The second-order valence-electron chi connectivity index (χ2n) is 6.03. The largest absolute Gasteiger partial charge is 0.463 e. The van der Waals surface area contributed by atoms with E-state index in [4.69, 9.17) is 4.74 Å². The van der Waals surface area contributed by atoms with Crippen LogP contribution in [0.4, 0.5) is 5.69 Å². The number of esters is 1.